The first-order chi connectivity index (χ1) is 8.49. The number of carbonyl (C=O) groups is 2. The van der Waals surface area contributed by atoms with Crippen molar-refractivity contribution in [2.24, 2.45) is 5.92 Å². The van der Waals surface area contributed by atoms with Gasteiger partial charge in [-0.3, -0.25) is 4.79 Å². The third-order valence-electron chi connectivity index (χ3n) is 2.96. The predicted octanol–water partition coefficient (Wildman–Crippen LogP) is 2.49. The zero-order valence-corrected chi connectivity index (χ0v) is 11.0. The van der Waals surface area contributed by atoms with Gasteiger partial charge in [-0.2, -0.15) is 0 Å². The third kappa shape index (κ3) is 3.35. The van der Waals surface area contributed by atoms with Gasteiger partial charge in [-0.1, -0.05) is 20.3 Å². The monoisotopic (exact) mass is 253 g/mol. The van der Waals surface area contributed by atoms with Gasteiger partial charge in [0.25, 0.3) is 5.91 Å². The average molecular weight is 253 g/mol. The van der Waals surface area contributed by atoms with E-state index in [2.05, 4.69) is 13.8 Å². The van der Waals surface area contributed by atoms with Gasteiger partial charge in [-0.05, 0) is 12.8 Å². The van der Waals surface area contributed by atoms with E-state index in [4.69, 9.17) is 9.52 Å². The van der Waals surface area contributed by atoms with Gasteiger partial charge in [0.15, 0.2) is 5.76 Å². The first-order valence-electron chi connectivity index (χ1n) is 6.10. The molecular weight excluding hydrogens is 234 g/mol. The van der Waals surface area contributed by atoms with Crippen molar-refractivity contribution in [3.8, 4) is 0 Å². The van der Waals surface area contributed by atoms with Crippen molar-refractivity contribution in [1.29, 1.82) is 0 Å². The minimum absolute atomic E-state index is 0.00190. The molecule has 0 aliphatic carbocycles. The molecule has 1 heterocycles. The number of nitrogens with zero attached hydrogens (tertiary/aromatic N) is 1. The Morgan fingerprint density at radius 3 is 2.56 bits per heavy atom. The lowest BCUT2D eigenvalue weighted by Crippen LogP contribution is -2.34. The molecule has 0 fully saturated rings. The molecule has 1 aromatic heterocycles. The molecule has 0 aromatic carbocycles. The van der Waals surface area contributed by atoms with Gasteiger partial charge in [0.05, 0.1) is 5.56 Å². The molecule has 1 aromatic rings. The SMILES string of the molecule is CCC(C)CN(CC)C(=O)c1cc(C(=O)O)co1. The Labute approximate surface area is 106 Å². The number of furan rings is 1. The Bertz CT molecular complexity index is 424. The zero-order valence-electron chi connectivity index (χ0n) is 11.0. The molecule has 5 heteroatoms. The smallest absolute Gasteiger partial charge is 0.338 e. The highest BCUT2D eigenvalue weighted by Gasteiger charge is 2.20. The van der Waals surface area contributed by atoms with E-state index >= 15 is 0 Å². The number of carboxylic acid groups (broad SMARTS) is 1. The Morgan fingerprint density at radius 1 is 1.44 bits per heavy atom. The van der Waals surface area contributed by atoms with Gasteiger partial charge in [-0.25, -0.2) is 4.79 Å². The second kappa shape index (κ2) is 6.23. The average Bonchev–Trinajstić information content (AvgIpc) is 2.84. The van der Waals surface area contributed by atoms with E-state index < -0.39 is 5.97 Å². The topological polar surface area (TPSA) is 70.8 Å². The van der Waals surface area contributed by atoms with Crippen molar-refractivity contribution in [1.82, 2.24) is 4.90 Å². The van der Waals surface area contributed by atoms with Crippen molar-refractivity contribution >= 4 is 11.9 Å². The normalized spacial score (nSPS) is 12.2. The van der Waals surface area contributed by atoms with Crippen LogP contribution in [0.1, 0.15) is 48.1 Å². The molecule has 5 nitrogen and oxygen atoms in total. The molecule has 100 valence electrons. The number of carbonyl (C=O) groups excluding carboxylic acids is 1. The molecule has 1 rings (SSSR count). The number of hydrogen-bond donors (Lipinski definition) is 1. The van der Waals surface area contributed by atoms with E-state index in [1.807, 2.05) is 6.92 Å². The summed E-state index contributed by atoms with van der Waals surface area (Å²) < 4.78 is 5.01. The molecule has 0 spiro atoms. The van der Waals surface area contributed by atoms with E-state index in [1.54, 1.807) is 4.90 Å². The van der Waals surface area contributed by atoms with Crippen LogP contribution in [0.3, 0.4) is 0 Å². The quantitative estimate of drug-likeness (QED) is 0.845. The van der Waals surface area contributed by atoms with E-state index in [0.29, 0.717) is 19.0 Å². The highest BCUT2D eigenvalue weighted by atomic mass is 16.4. The molecule has 1 N–H and O–H groups in total. The summed E-state index contributed by atoms with van der Waals surface area (Å²) in [6.07, 6.45) is 2.08. The minimum Gasteiger partial charge on any atom is -0.478 e. The summed E-state index contributed by atoms with van der Waals surface area (Å²) in [5.74, 6) is -0.867. The van der Waals surface area contributed by atoms with Gasteiger partial charge in [0, 0.05) is 19.2 Å². The summed E-state index contributed by atoms with van der Waals surface area (Å²) in [7, 11) is 0. The van der Waals surface area contributed by atoms with E-state index in [-0.39, 0.29) is 17.2 Å². The van der Waals surface area contributed by atoms with Gasteiger partial charge in [0.1, 0.15) is 6.26 Å². The summed E-state index contributed by atoms with van der Waals surface area (Å²) in [4.78, 5) is 24.5. The molecular formula is C13H19NO4. The fourth-order valence-electron chi connectivity index (χ4n) is 1.58. The Kier molecular flexibility index (Phi) is 4.95. The molecule has 0 saturated carbocycles. The van der Waals surface area contributed by atoms with Crippen LogP contribution in [0, 0.1) is 5.92 Å². The molecule has 18 heavy (non-hydrogen) atoms. The Balaban J connectivity index is 2.79. The predicted molar refractivity (Wildman–Crippen MR) is 66.7 cm³/mol. The molecule has 1 atom stereocenters. The molecule has 0 bridgehead atoms. The maximum absolute atomic E-state index is 12.1. The van der Waals surface area contributed by atoms with Crippen LogP contribution in [-0.2, 0) is 0 Å². The molecule has 1 unspecified atom stereocenters. The Hall–Kier alpha value is -1.78. The molecule has 0 aliphatic rings. The number of hydrogen-bond acceptors (Lipinski definition) is 3. The van der Waals surface area contributed by atoms with Crippen LogP contribution in [0.25, 0.3) is 0 Å². The molecule has 0 radical (unpaired) electrons. The molecule has 1 amide bonds. The lowest BCUT2D eigenvalue weighted by atomic mass is 10.1. The largest absolute Gasteiger partial charge is 0.478 e. The molecule has 0 saturated heterocycles. The zero-order chi connectivity index (χ0) is 13.7. The minimum atomic E-state index is -1.09. The van der Waals surface area contributed by atoms with Gasteiger partial charge in [0.2, 0.25) is 0 Å². The van der Waals surface area contributed by atoms with Crippen LogP contribution in [-0.4, -0.2) is 35.0 Å². The summed E-state index contributed by atoms with van der Waals surface area (Å²) in [5.41, 5.74) is -0.00190. The fourth-order valence-corrected chi connectivity index (χ4v) is 1.58. The summed E-state index contributed by atoms with van der Waals surface area (Å²) >= 11 is 0. The van der Waals surface area contributed by atoms with Crippen molar-refractivity contribution in [2.45, 2.75) is 27.2 Å². The lowest BCUT2D eigenvalue weighted by Gasteiger charge is -2.22. The summed E-state index contributed by atoms with van der Waals surface area (Å²) in [6, 6.07) is 1.27. The van der Waals surface area contributed by atoms with Crippen molar-refractivity contribution in [2.75, 3.05) is 13.1 Å². The maximum atomic E-state index is 12.1. The standard InChI is InChI=1S/C13H19NO4/c1-4-9(3)7-14(5-2)12(15)11-6-10(8-18-11)13(16)17/h6,8-9H,4-5,7H2,1-3H3,(H,16,17). The number of rotatable bonds is 6. The summed E-state index contributed by atoms with van der Waals surface area (Å²) in [5, 5.41) is 8.77. The lowest BCUT2D eigenvalue weighted by molar-refractivity contribution is 0.0692. The van der Waals surface area contributed by atoms with E-state index in [9.17, 15) is 9.59 Å². The van der Waals surface area contributed by atoms with Gasteiger partial charge < -0.3 is 14.4 Å². The van der Waals surface area contributed by atoms with Crippen molar-refractivity contribution in [3.05, 3.63) is 23.7 Å². The number of aromatic carboxylic acids is 1. The van der Waals surface area contributed by atoms with Crippen LogP contribution in [0.5, 0.6) is 0 Å². The van der Waals surface area contributed by atoms with Crippen molar-refractivity contribution in [3.63, 3.8) is 0 Å². The molecule has 0 aliphatic heterocycles. The van der Waals surface area contributed by atoms with Crippen LogP contribution in [0.2, 0.25) is 0 Å². The second-order valence-electron chi connectivity index (χ2n) is 4.36. The third-order valence-corrected chi connectivity index (χ3v) is 2.96. The number of amides is 1. The highest BCUT2D eigenvalue weighted by molar-refractivity contribution is 5.95. The van der Waals surface area contributed by atoms with E-state index in [1.165, 1.54) is 6.07 Å². The number of carboxylic acids is 1. The van der Waals surface area contributed by atoms with Crippen molar-refractivity contribution < 1.29 is 19.1 Å². The van der Waals surface area contributed by atoms with Crippen LogP contribution < -0.4 is 0 Å². The fraction of sp³-hybridized carbons (Fsp3) is 0.538. The van der Waals surface area contributed by atoms with Crippen LogP contribution in [0.15, 0.2) is 16.7 Å². The van der Waals surface area contributed by atoms with Gasteiger partial charge in [-0.15, -0.1) is 0 Å². The van der Waals surface area contributed by atoms with Crippen LogP contribution >= 0.6 is 0 Å². The van der Waals surface area contributed by atoms with Crippen LogP contribution in [0.4, 0.5) is 0 Å². The maximum Gasteiger partial charge on any atom is 0.338 e. The van der Waals surface area contributed by atoms with Gasteiger partial charge >= 0.3 is 5.97 Å². The Morgan fingerprint density at radius 2 is 2.11 bits per heavy atom. The summed E-state index contributed by atoms with van der Waals surface area (Å²) in [6.45, 7) is 7.25. The highest BCUT2D eigenvalue weighted by Crippen LogP contribution is 2.13. The van der Waals surface area contributed by atoms with E-state index in [0.717, 1.165) is 12.7 Å². The first kappa shape index (κ1) is 14.3. The first-order valence-corrected chi connectivity index (χ1v) is 6.10. The second-order valence-corrected chi connectivity index (χ2v) is 4.36.